The van der Waals surface area contributed by atoms with E-state index in [9.17, 15) is 4.79 Å². The highest BCUT2D eigenvalue weighted by Crippen LogP contribution is 2.11. The molecule has 0 fully saturated rings. The number of hydrogen-bond acceptors (Lipinski definition) is 6. The lowest BCUT2D eigenvalue weighted by Crippen LogP contribution is -2.23. The number of amides is 1. The van der Waals surface area contributed by atoms with Crippen LogP contribution in [0.4, 0.5) is 11.1 Å². The maximum atomic E-state index is 11.2. The Morgan fingerprint density at radius 2 is 2.36 bits per heavy atom. The summed E-state index contributed by atoms with van der Waals surface area (Å²) in [7, 11) is 3.45. The molecule has 1 heterocycles. The molecule has 7 heteroatoms. The van der Waals surface area contributed by atoms with Gasteiger partial charge in [0.2, 0.25) is 17.0 Å². The zero-order valence-corrected chi connectivity index (χ0v) is 8.97. The molecule has 78 valence electrons. The van der Waals surface area contributed by atoms with Gasteiger partial charge in [-0.3, -0.25) is 4.79 Å². The van der Waals surface area contributed by atoms with E-state index in [1.165, 1.54) is 11.5 Å². The predicted molar refractivity (Wildman–Crippen MR) is 56.1 cm³/mol. The molecule has 0 atom stereocenters. The van der Waals surface area contributed by atoms with Crippen molar-refractivity contribution >= 4 is 28.5 Å². The SMILES string of the molecule is CN(C)C(=O)CCNc1nc(N)ns1. The first-order valence-corrected chi connectivity index (χ1v) is 4.90. The molecular weight excluding hydrogens is 202 g/mol. The molecule has 14 heavy (non-hydrogen) atoms. The highest BCUT2D eigenvalue weighted by atomic mass is 32.1. The fourth-order valence-electron chi connectivity index (χ4n) is 0.807. The molecule has 0 aliphatic rings. The number of nitrogen functional groups attached to an aromatic ring is 1. The van der Waals surface area contributed by atoms with Crippen molar-refractivity contribution in [2.45, 2.75) is 6.42 Å². The molecule has 1 aromatic rings. The number of rotatable bonds is 4. The van der Waals surface area contributed by atoms with Gasteiger partial charge in [0.25, 0.3) is 0 Å². The summed E-state index contributed by atoms with van der Waals surface area (Å²) in [5, 5.41) is 3.62. The average Bonchev–Trinajstić information content (AvgIpc) is 2.51. The van der Waals surface area contributed by atoms with Gasteiger partial charge < -0.3 is 16.0 Å². The molecule has 0 saturated heterocycles. The topological polar surface area (TPSA) is 84.1 Å². The van der Waals surface area contributed by atoms with E-state index in [4.69, 9.17) is 5.73 Å². The van der Waals surface area contributed by atoms with Crippen LogP contribution in [0.15, 0.2) is 0 Å². The Balaban J connectivity index is 2.25. The van der Waals surface area contributed by atoms with Crippen molar-refractivity contribution in [2.24, 2.45) is 0 Å². The Labute approximate surface area is 86.3 Å². The molecule has 0 spiro atoms. The van der Waals surface area contributed by atoms with Gasteiger partial charge in [-0.05, 0) is 0 Å². The molecule has 0 bridgehead atoms. The second-order valence-electron chi connectivity index (χ2n) is 2.92. The van der Waals surface area contributed by atoms with E-state index in [0.717, 1.165) is 0 Å². The van der Waals surface area contributed by atoms with E-state index in [-0.39, 0.29) is 11.9 Å². The van der Waals surface area contributed by atoms with Crippen LogP contribution in [0.3, 0.4) is 0 Å². The maximum absolute atomic E-state index is 11.2. The van der Waals surface area contributed by atoms with E-state index >= 15 is 0 Å². The molecule has 0 saturated carbocycles. The quantitative estimate of drug-likeness (QED) is 0.739. The minimum atomic E-state index is 0.0787. The molecule has 3 N–H and O–H groups in total. The summed E-state index contributed by atoms with van der Waals surface area (Å²) in [5.74, 6) is 0.339. The Morgan fingerprint density at radius 3 is 2.86 bits per heavy atom. The lowest BCUT2D eigenvalue weighted by molar-refractivity contribution is -0.128. The van der Waals surface area contributed by atoms with Crippen molar-refractivity contribution in [1.82, 2.24) is 14.3 Å². The summed E-state index contributed by atoms with van der Waals surface area (Å²) < 4.78 is 3.80. The Morgan fingerprint density at radius 1 is 1.64 bits per heavy atom. The fraction of sp³-hybridized carbons (Fsp3) is 0.571. The number of hydrogen-bond donors (Lipinski definition) is 2. The van der Waals surface area contributed by atoms with Gasteiger partial charge >= 0.3 is 0 Å². The molecule has 0 radical (unpaired) electrons. The van der Waals surface area contributed by atoms with Gasteiger partial charge in [0.1, 0.15) is 0 Å². The zero-order chi connectivity index (χ0) is 10.6. The summed E-state index contributed by atoms with van der Waals surface area (Å²) in [6.45, 7) is 0.547. The standard InChI is InChI=1S/C7H13N5OS/c1-12(2)5(13)3-4-9-7-10-6(8)11-14-7/h3-4H2,1-2H3,(H3,8,9,10,11). The average molecular weight is 215 g/mol. The normalized spacial score (nSPS) is 9.86. The van der Waals surface area contributed by atoms with Crippen LogP contribution in [-0.4, -0.2) is 40.8 Å². The summed E-state index contributed by atoms with van der Waals surface area (Å²) in [6.07, 6.45) is 0.437. The van der Waals surface area contributed by atoms with Crippen LogP contribution in [0.1, 0.15) is 6.42 Å². The van der Waals surface area contributed by atoms with Crippen molar-refractivity contribution in [3.05, 3.63) is 0 Å². The van der Waals surface area contributed by atoms with Crippen molar-refractivity contribution < 1.29 is 4.79 Å². The van der Waals surface area contributed by atoms with Gasteiger partial charge in [0, 0.05) is 38.6 Å². The van der Waals surface area contributed by atoms with Crippen molar-refractivity contribution in [3.8, 4) is 0 Å². The van der Waals surface area contributed by atoms with Crippen molar-refractivity contribution in [3.63, 3.8) is 0 Å². The Bertz CT molecular complexity index is 311. The van der Waals surface area contributed by atoms with Gasteiger partial charge in [-0.2, -0.15) is 9.36 Å². The van der Waals surface area contributed by atoms with Crippen LogP contribution < -0.4 is 11.1 Å². The molecule has 0 unspecified atom stereocenters. The second kappa shape index (κ2) is 4.75. The number of nitrogens with one attached hydrogen (secondary N) is 1. The monoisotopic (exact) mass is 215 g/mol. The van der Waals surface area contributed by atoms with Gasteiger partial charge in [-0.25, -0.2) is 0 Å². The van der Waals surface area contributed by atoms with Gasteiger partial charge in [0.05, 0.1) is 0 Å². The maximum Gasteiger partial charge on any atom is 0.233 e. The Kier molecular flexibility index (Phi) is 3.63. The molecule has 1 amide bonds. The van der Waals surface area contributed by atoms with Crippen LogP contribution >= 0.6 is 11.5 Å². The fourth-order valence-corrected chi connectivity index (χ4v) is 1.33. The van der Waals surface area contributed by atoms with Gasteiger partial charge in [-0.15, -0.1) is 0 Å². The number of carbonyl (C=O) groups is 1. The summed E-state index contributed by atoms with van der Waals surface area (Å²) in [6, 6.07) is 0. The number of carbonyl (C=O) groups excluding carboxylic acids is 1. The minimum absolute atomic E-state index is 0.0787. The lowest BCUT2D eigenvalue weighted by atomic mass is 10.4. The summed E-state index contributed by atoms with van der Waals surface area (Å²) in [4.78, 5) is 16.6. The first-order chi connectivity index (χ1) is 6.59. The largest absolute Gasteiger partial charge is 0.367 e. The summed E-state index contributed by atoms with van der Waals surface area (Å²) >= 11 is 1.19. The van der Waals surface area contributed by atoms with Crippen LogP contribution in [0.25, 0.3) is 0 Å². The van der Waals surface area contributed by atoms with Crippen molar-refractivity contribution in [2.75, 3.05) is 31.7 Å². The van der Waals surface area contributed by atoms with E-state index in [1.807, 2.05) is 0 Å². The molecule has 6 nitrogen and oxygen atoms in total. The molecule has 0 aromatic carbocycles. The minimum Gasteiger partial charge on any atom is -0.367 e. The van der Waals surface area contributed by atoms with Crippen LogP contribution in [0, 0.1) is 0 Å². The van der Waals surface area contributed by atoms with E-state index in [2.05, 4.69) is 14.7 Å². The third-order valence-corrected chi connectivity index (χ3v) is 2.24. The first kappa shape index (κ1) is 10.7. The lowest BCUT2D eigenvalue weighted by Gasteiger charge is -2.09. The third-order valence-electron chi connectivity index (χ3n) is 1.56. The highest BCUT2D eigenvalue weighted by molar-refractivity contribution is 7.09. The van der Waals surface area contributed by atoms with Crippen LogP contribution in [-0.2, 0) is 4.79 Å². The molecule has 1 rings (SSSR count). The molecular formula is C7H13N5OS. The van der Waals surface area contributed by atoms with E-state index in [1.54, 1.807) is 19.0 Å². The molecule has 1 aromatic heterocycles. The predicted octanol–water partition coefficient (Wildman–Crippen LogP) is 0.0105. The third kappa shape index (κ3) is 3.17. The van der Waals surface area contributed by atoms with Crippen molar-refractivity contribution in [1.29, 1.82) is 0 Å². The van der Waals surface area contributed by atoms with Gasteiger partial charge in [0.15, 0.2) is 0 Å². The smallest absolute Gasteiger partial charge is 0.233 e. The zero-order valence-electron chi connectivity index (χ0n) is 8.15. The van der Waals surface area contributed by atoms with Gasteiger partial charge in [-0.1, -0.05) is 0 Å². The van der Waals surface area contributed by atoms with Crippen LogP contribution in [0.2, 0.25) is 0 Å². The number of aromatic nitrogens is 2. The second-order valence-corrected chi connectivity index (χ2v) is 3.67. The highest BCUT2D eigenvalue weighted by Gasteiger charge is 2.04. The van der Waals surface area contributed by atoms with E-state index in [0.29, 0.717) is 18.1 Å². The number of nitrogens with zero attached hydrogens (tertiary/aromatic N) is 3. The molecule has 0 aliphatic heterocycles. The summed E-state index contributed by atoms with van der Waals surface area (Å²) in [5.41, 5.74) is 5.33. The Hall–Kier alpha value is -1.37. The van der Waals surface area contributed by atoms with Crippen LogP contribution in [0.5, 0.6) is 0 Å². The molecule has 0 aliphatic carbocycles. The van der Waals surface area contributed by atoms with E-state index < -0.39 is 0 Å². The number of nitrogens with two attached hydrogens (primary N) is 1. The number of anilines is 2. The first-order valence-electron chi connectivity index (χ1n) is 4.13.